The zero-order chi connectivity index (χ0) is 13.0. The third-order valence-corrected chi connectivity index (χ3v) is 3.40. The van der Waals surface area contributed by atoms with Gasteiger partial charge in [0.1, 0.15) is 5.75 Å². The normalized spacial score (nSPS) is 10.4. The summed E-state index contributed by atoms with van der Waals surface area (Å²) in [7, 11) is -0.0353. The Morgan fingerprint density at radius 3 is 2.89 bits per heavy atom. The molecule has 3 N–H and O–H groups in total. The maximum Gasteiger partial charge on any atom is 0.492 e. The molecule has 5 nitrogen and oxygen atoms in total. The van der Waals surface area contributed by atoms with Gasteiger partial charge in [0.25, 0.3) is 0 Å². The lowest BCUT2D eigenvalue weighted by molar-refractivity contribution is 0.403. The van der Waals surface area contributed by atoms with E-state index in [-0.39, 0.29) is 0 Å². The van der Waals surface area contributed by atoms with Crippen molar-refractivity contribution in [2.24, 2.45) is 0 Å². The van der Waals surface area contributed by atoms with Crippen molar-refractivity contribution >= 4 is 24.3 Å². The highest BCUT2D eigenvalue weighted by Gasteiger charge is 2.17. The van der Waals surface area contributed by atoms with Crippen LogP contribution in [-0.4, -0.2) is 34.2 Å². The zero-order valence-corrected chi connectivity index (χ0v) is 10.6. The molecule has 0 fully saturated rings. The average Bonchev–Trinajstić information content (AvgIpc) is 2.89. The SMILES string of the molecule is COc1ccc(CSc2ncc[nH]2)cc1B(O)O. The highest BCUT2D eigenvalue weighted by molar-refractivity contribution is 7.98. The molecule has 0 saturated carbocycles. The quantitative estimate of drug-likeness (QED) is 0.538. The molecule has 0 saturated heterocycles. The van der Waals surface area contributed by atoms with Crippen molar-refractivity contribution in [3.63, 3.8) is 0 Å². The molecule has 7 heteroatoms. The van der Waals surface area contributed by atoms with Gasteiger partial charge in [-0.25, -0.2) is 4.98 Å². The van der Waals surface area contributed by atoms with E-state index in [0.717, 1.165) is 10.7 Å². The maximum absolute atomic E-state index is 9.26. The lowest BCUT2D eigenvalue weighted by atomic mass is 9.79. The van der Waals surface area contributed by atoms with Gasteiger partial charge < -0.3 is 19.8 Å². The number of nitrogens with one attached hydrogen (secondary N) is 1. The summed E-state index contributed by atoms with van der Waals surface area (Å²) >= 11 is 1.54. The van der Waals surface area contributed by atoms with Crippen LogP contribution >= 0.6 is 11.8 Å². The number of thioether (sulfide) groups is 1. The predicted octanol–water partition coefficient (Wildman–Crippen LogP) is 0.390. The van der Waals surface area contributed by atoms with Gasteiger partial charge in [0.15, 0.2) is 5.16 Å². The summed E-state index contributed by atoms with van der Waals surface area (Å²) in [5.41, 5.74) is 1.34. The second-order valence-electron chi connectivity index (χ2n) is 3.63. The van der Waals surface area contributed by atoms with Crippen LogP contribution < -0.4 is 10.2 Å². The molecule has 18 heavy (non-hydrogen) atoms. The van der Waals surface area contributed by atoms with Gasteiger partial charge in [0, 0.05) is 23.6 Å². The first-order valence-corrected chi connectivity index (χ1v) is 6.34. The molecule has 2 rings (SSSR count). The Labute approximate surface area is 109 Å². The van der Waals surface area contributed by atoms with Crippen LogP contribution in [0.15, 0.2) is 35.7 Å². The number of aromatic amines is 1. The molecular weight excluding hydrogens is 251 g/mol. The number of H-pyrrole nitrogens is 1. The molecule has 0 aliphatic heterocycles. The van der Waals surface area contributed by atoms with Gasteiger partial charge in [-0.1, -0.05) is 23.9 Å². The monoisotopic (exact) mass is 264 g/mol. The van der Waals surface area contributed by atoms with E-state index in [0.29, 0.717) is 17.0 Å². The lowest BCUT2D eigenvalue weighted by Gasteiger charge is -2.09. The predicted molar refractivity (Wildman–Crippen MR) is 71.0 cm³/mol. The topological polar surface area (TPSA) is 78.4 Å². The van der Waals surface area contributed by atoms with E-state index < -0.39 is 7.12 Å². The van der Waals surface area contributed by atoms with Crippen LogP contribution in [-0.2, 0) is 5.75 Å². The molecule has 0 atom stereocenters. The Balaban J connectivity index is 2.11. The van der Waals surface area contributed by atoms with Crippen LogP contribution in [0.25, 0.3) is 0 Å². The first-order valence-electron chi connectivity index (χ1n) is 5.36. The Morgan fingerprint density at radius 1 is 1.44 bits per heavy atom. The minimum absolute atomic E-state index is 0.370. The van der Waals surface area contributed by atoms with Crippen molar-refractivity contribution in [3.8, 4) is 5.75 Å². The van der Waals surface area contributed by atoms with Crippen molar-refractivity contribution < 1.29 is 14.8 Å². The summed E-state index contributed by atoms with van der Waals surface area (Å²) in [6.07, 6.45) is 3.46. The molecule has 2 aromatic rings. The Kier molecular flexibility index (Phi) is 4.30. The van der Waals surface area contributed by atoms with Gasteiger partial charge in [0.05, 0.1) is 7.11 Å². The lowest BCUT2D eigenvalue weighted by Crippen LogP contribution is -2.31. The van der Waals surface area contributed by atoms with E-state index in [9.17, 15) is 10.0 Å². The average molecular weight is 264 g/mol. The van der Waals surface area contributed by atoms with Crippen LogP contribution in [0.1, 0.15) is 5.56 Å². The number of hydrogen-bond donors (Lipinski definition) is 3. The van der Waals surface area contributed by atoms with Crippen LogP contribution in [0.5, 0.6) is 5.75 Å². The van der Waals surface area contributed by atoms with Gasteiger partial charge in [-0.05, 0) is 11.6 Å². The largest absolute Gasteiger partial charge is 0.497 e. The van der Waals surface area contributed by atoms with Gasteiger partial charge in [-0.15, -0.1) is 0 Å². The van der Waals surface area contributed by atoms with Gasteiger partial charge in [-0.3, -0.25) is 0 Å². The molecule has 0 bridgehead atoms. The molecular formula is C11H13BN2O3S. The number of imidazole rings is 1. The van der Waals surface area contributed by atoms with Crippen LogP contribution in [0.3, 0.4) is 0 Å². The molecule has 0 aliphatic carbocycles. The van der Waals surface area contributed by atoms with Crippen molar-refractivity contribution in [1.82, 2.24) is 9.97 Å². The maximum atomic E-state index is 9.26. The van der Waals surface area contributed by atoms with Crippen LogP contribution in [0.2, 0.25) is 0 Å². The number of hydrogen-bond acceptors (Lipinski definition) is 5. The fourth-order valence-electron chi connectivity index (χ4n) is 1.56. The fraction of sp³-hybridized carbons (Fsp3) is 0.182. The summed E-state index contributed by atoms with van der Waals surface area (Å²) in [5.74, 6) is 1.16. The zero-order valence-electron chi connectivity index (χ0n) is 9.83. The van der Waals surface area contributed by atoms with E-state index in [1.54, 1.807) is 36.3 Å². The first-order chi connectivity index (χ1) is 8.70. The molecule has 0 unspecified atom stereocenters. The third-order valence-electron chi connectivity index (χ3n) is 2.42. The third kappa shape index (κ3) is 3.07. The van der Waals surface area contributed by atoms with E-state index in [2.05, 4.69) is 9.97 Å². The highest BCUT2D eigenvalue weighted by Crippen LogP contribution is 2.20. The van der Waals surface area contributed by atoms with Gasteiger partial charge in [-0.2, -0.15) is 0 Å². The van der Waals surface area contributed by atoms with E-state index in [1.165, 1.54) is 7.11 Å². The fourth-order valence-corrected chi connectivity index (χ4v) is 2.33. The van der Waals surface area contributed by atoms with Crippen LogP contribution in [0, 0.1) is 0 Å². The van der Waals surface area contributed by atoms with Crippen molar-refractivity contribution in [2.75, 3.05) is 7.11 Å². The Bertz CT molecular complexity index is 505. The van der Waals surface area contributed by atoms with Crippen molar-refractivity contribution in [3.05, 3.63) is 36.2 Å². The summed E-state index contributed by atoms with van der Waals surface area (Å²) in [6, 6.07) is 5.34. The number of methoxy groups -OCH3 is 1. The van der Waals surface area contributed by atoms with Crippen LogP contribution in [0.4, 0.5) is 0 Å². The van der Waals surface area contributed by atoms with E-state index in [4.69, 9.17) is 4.74 Å². The van der Waals surface area contributed by atoms with Gasteiger partial charge >= 0.3 is 7.12 Å². The molecule has 1 aromatic heterocycles. The number of aromatic nitrogens is 2. The first kappa shape index (κ1) is 13.0. The molecule has 94 valence electrons. The molecule has 1 aromatic carbocycles. The minimum Gasteiger partial charge on any atom is -0.497 e. The molecule has 0 aliphatic rings. The molecule has 0 spiro atoms. The smallest absolute Gasteiger partial charge is 0.492 e. The van der Waals surface area contributed by atoms with E-state index >= 15 is 0 Å². The summed E-state index contributed by atoms with van der Waals surface area (Å²) in [5, 5.41) is 19.4. The Morgan fingerprint density at radius 2 is 2.28 bits per heavy atom. The Hall–Kier alpha value is -1.44. The van der Waals surface area contributed by atoms with Gasteiger partial charge in [0.2, 0.25) is 0 Å². The number of ether oxygens (including phenoxy) is 1. The summed E-state index contributed by atoms with van der Waals surface area (Å²) < 4.78 is 5.07. The minimum atomic E-state index is -1.53. The standard InChI is InChI=1S/C11H13BN2O3S/c1-17-10-3-2-8(6-9(10)12(15)16)7-18-11-13-4-5-14-11/h2-6,15-16H,7H2,1H3,(H,13,14). The number of nitrogens with zero attached hydrogens (tertiary/aromatic N) is 1. The summed E-state index contributed by atoms with van der Waals surface area (Å²) in [4.78, 5) is 7.10. The van der Waals surface area contributed by atoms with Crippen molar-refractivity contribution in [2.45, 2.75) is 10.9 Å². The highest BCUT2D eigenvalue weighted by atomic mass is 32.2. The molecule has 0 radical (unpaired) electrons. The second-order valence-corrected chi connectivity index (χ2v) is 4.60. The summed E-state index contributed by atoms with van der Waals surface area (Å²) in [6.45, 7) is 0. The number of rotatable bonds is 5. The molecule has 1 heterocycles. The second kappa shape index (κ2) is 5.95. The number of benzene rings is 1. The van der Waals surface area contributed by atoms with E-state index in [1.807, 2.05) is 6.07 Å². The van der Waals surface area contributed by atoms with Crippen molar-refractivity contribution in [1.29, 1.82) is 0 Å². The molecule has 0 amide bonds.